The molecule has 0 saturated carbocycles. The zero-order valence-electron chi connectivity index (χ0n) is 17.3. The molecule has 1 amide bonds. The van der Waals surface area contributed by atoms with E-state index in [9.17, 15) is 9.18 Å². The molecule has 8 heteroatoms. The zero-order valence-corrected chi connectivity index (χ0v) is 18.0. The summed E-state index contributed by atoms with van der Waals surface area (Å²) < 4.78 is 19.2. The fourth-order valence-corrected chi connectivity index (χ4v) is 3.75. The molecule has 1 aliphatic rings. The van der Waals surface area contributed by atoms with Crippen molar-refractivity contribution in [2.45, 2.75) is 19.9 Å². The smallest absolute Gasteiger partial charge is 0.254 e. The summed E-state index contributed by atoms with van der Waals surface area (Å²) in [6, 6.07) is 13.0. The number of ether oxygens (including phenoxy) is 1. The molecule has 0 N–H and O–H groups in total. The van der Waals surface area contributed by atoms with Crippen LogP contribution in [0.2, 0.25) is 5.02 Å². The van der Waals surface area contributed by atoms with Crippen molar-refractivity contribution in [3.63, 3.8) is 0 Å². The third-order valence-electron chi connectivity index (χ3n) is 5.28. The molecule has 1 aromatic heterocycles. The number of carbonyl (C=O) groups is 1. The minimum absolute atomic E-state index is 0.00407. The van der Waals surface area contributed by atoms with E-state index in [-0.39, 0.29) is 17.8 Å². The summed E-state index contributed by atoms with van der Waals surface area (Å²) in [6.45, 7) is 5.63. The highest BCUT2D eigenvalue weighted by atomic mass is 35.5. The van der Waals surface area contributed by atoms with Gasteiger partial charge < -0.3 is 14.5 Å². The van der Waals surface area contributed by atoms with Gasteiger partial charge in [0.2, 0.25) is 5.88 Å². The van der Waals surface area contributed by atoms with Crippen LogP contribution in [0.25, 0.3) is 0 Å². The number of aromatic nitrogens is 2. The summed E-state index contributed by atoms with van der Waals surface area (Å²) >= 11 is 5.93. The summed E-state index contributed by atoms with van der Waals surface area (Å²) in [5, 5.41) is 0.604. The van der Waals surface area contributed by atoms with E-state index in [4.69, 9.17) is 16.3 Å². The van der Waals surface area contributed by atoms with Crippen molar-refractivity contribution in [2.24, 2.45) is 0 Å². The molecule has 31 heavy (non-hydrogen) atoms. The van der Waals surface area contributed by atoms with Gasteiger partial charge in [-0.05, 0) is 61.9 Å². The number of amides is 1. The molecule has 0 radical (unpaired) electrons. The quantitative estimate of drug-likeness (QED) is 0.587. The molecule has 1 saturated heterocycles. The maximum Gasteiger partial charge on any atom is 0.254 e. The standard InChI is InChI=1S/C23H22ClFN4O2/c1-15-11-19(25)7-8-20(15)31-22-12-21(26-14-27-22)28-9-10-29(16(2)13-28)23(30)17-3-5-18(24)6-4-17/h3-8,11-12,14,16H,9-10,13H2,1-2H3/t16-/m0/s1. The molecule has 4 rings (SSSR count). The Morgan fingerprint density at radius 3 is 2.61 bits per heavy atom. The predicted octanol–water partition coefficient (Wildman–Crippen LogP) is 4.72. The Balaban J connectivity index is 1.45. The van der Waals surface area contributed by atoms with Gasteiger partial charge in [0.05, 0.1) is 0 Å². The molecule has 0 aliphatic carbocycles. The van der Waals surface area contributed by atoms with Crippen LogP contribution in [-0.2, 0) is 0 Å². The molecule has 0 bridgehead atoms. The van der Waals surface area contributed by atoms with Crippen LogP contribution in [0.15, 0.2) is 54.9 Å². The molecule has 3 aromatic rings. The van der Waals surface area contributed by atoms with Crippen molar-refractivity contribution in [1.82, 2.24) is 14.9 Å². The summed E-state index contributed by atoms with van der Waals surface area (Å²) in [5.41, 5.74) is 1.31. The van der Waals surface area contributed by atoms with Gasteiger partial charge in [0.25, 0.3) is 5.91 Å². The number of carbonyl (C=O) groups excluding carboxylic acids is 1. The third kappa shape index (κ3) is 4.77. The first-order valence-corrected chi connectivity index (χ1v) is 10.4. The largest absolute Gasteiger partial charge is 0.439 e. The molecule has 1 fully saturated rings. The van der Waals surface area contributed by atoms with Gasteiger partial charge in [0.1, 0.15) is 23.7 Å². The summed E-state index contributed by atoms with van der Waals surface area (Å²) in [6.07, 6.45) is 1.44. The zero-order chi connectivity index (χ0) is 22.0. The van der Waals surface area contributed by atoms with E-state index in [1.165, 1.54) is 18.5 Å². The van der Waals surface area contributed by atoms with Crippen molar-refractivity contribution < 1.29 is 13.9 Å². The van der Waals surface area contributed by atoms with Crippen molar-refractivity contribution in [1.29, 1.82) is 0 Å². The number of hydrogen-bond acceptors (Lipinski definition) is 5. The lowest BCUT2D eigenvalue weighted by Crippen LogP contribution is -2.54. The number of anilines is 1. The molecule has 2 heterocycles. The molecule has 6 nitrogen and oxygen atoms in total. The van der Waals surface area contributed by atoms with Crippen LogP contribution in [0.3, 0.4) is 0 Å². The first-order valence-electron chi connectivity index (χ1n) is 9.98. The Morgan fingerprint density at radius 2 is 1.90 bits per heavy atom. The van der Waals surface area contributed by atoms with E-state index in [0.717, 1.165) is 5.82 Å². The minimum atomic E-state index is -0.312. The number of rotatable bonds is 4. The van der Waals surface area contributed by atoms with Crippen molar-refractivity contribution in [3.05, 3.63) is 76.8 Å². The summed E-state index contributed by atoms with van der Waals surface area (Å²) in [4.78, 5) is 25.4. The monoisotopic (exact) mass is 440 g/mol. The van der Waals surface area contributed by atoms with E-state index in [1.807, 2.05) is 11.8 Å². The maximum absolute atomic E-state index is 13.3. The van der Waals surface area contributed by atoms with Crippen molar-refractivity contribution in [2.75, 3.05) is 24.5 Å². The van der Waals surface area contributed by atoms with Gasteiger partial charge in [-0.2, -0.15) is 0 Å². The van der Waals surface area contributed by atoms with Crippen molar-refractivity contribution >= 4 is 23.3 Å². The van der Waals surface area contributed by atoms with E-state index < -0.39 is 0 Å². The molecule has 160 valence electrons. The van der Waals surface area contributed by atoms with E-state index in [2.05, 4.69) is 14.9 Å². The first-order chi connectivity index (χ1) is 14.9. The Kier molecular flexibility index (Phi) is 6.04. The highest BCUT2D eigenvalue weighted by Gasteiger charge is 2.29. The second-order valence-corrected chi connectivity index (χ2v) is 7.96. The molecule has 1 atom stereocenters. The molecule has 2 aromatic carbocycles. The lowest BCUT2D eigenvalue weighted by molar-refractivity contribution is 0.0673. The summed E-state index contributed by atoms with van der Waals surface area (Å²) in [5.74, 6) is 1.32. The predicted molar refractivity (Wildman–Crippen MR) is 117 cm³/mol. The van der Waals surface area contributed by atoms with Crippen LogP contribution in [-0.4, -0.2) is 46.5 Å². The molecule has 0 unspecified atom stereocenters. The topological polar surface area (TPSA) is 58.6 Å². The van der Waals surface area contributed by atoms with Crippen LogP contribution in [0, 0.1) is 12.7 Å². The fourth-order valence-electron chi connectivity index (χ4n) is 3.62. The van der Waals surface area contributed by atoms with Gasteiger partial charge in [-0.1, -0.05) is 11.6 Å². The number of benzene rings is 2. The first kappa shape index (κ1) is 21.1. The van der Waals surface area contributed by atoms with Gasteiger partial charge in [0, 0.05) is 42.3 Å². The van der Waals surface area contributed by atoms with Gasteiger partial charge in [-0.25, -0.2) is 14.4 Å². The number of aryl methyl sites for hydroxylation is 1. The number of piperazine rings is 1. The Labute approximate surface area is 185 Å². The Morgan fingerprint density at radius 1 is 1.13 bits per heavy atom. The lowest BCUT2D eigenvalue weighted by atomic mass is 10.1. The number of halogens is 2. The van der Waals surface area contributed by atoms with Crippen molar-refractivity contribution in [3.8, 4) is 11.6 Å². The average Bonchev–Trinajstić information content (AvgIpc) is 2.76. The SMILES string of the molecule is Cc1cc(F)ccc1Oc1cc(N2CCN(C(=O)c3ccc(Cl)cc3)[C@@H](C)C2)ncn1. The fraction of sp³-hybridized carbons (Fsp3) is 0.261. The van der Waals surface area contributed by atoms with Gasteiger partial charge in [-0.3, -0.25) is 4.79 Å². The second kappa shape index (κ2) is 8.89. The molecule has 1 aliphatic heterocycles. The van der Waals surface area contributed by atoms with Gasteiger partial charge in [0.15, 0.2) is 0 Å². The van der Waals surface area contributed by atoms with Gasteiger partial charge in [-0.15, -0.1) is 0 Å². The van der Waals surface area contributed by atoms with Crippen LogP contribution < -0.4 is 9.64 Å². The van der Waals surface area contributed by atoms with Crippen LogP contribution in [0.4, 0.5) is 10.2 Å². The maximum atomic E-state index is 13.3. The molecular weight excluding hydrogens is 419 g/mol. The second-order valence-electron chi connectivity index (χ2n) is 7.53. The Bertz CT molecular complexity index is 1090. The van der Waals surface area contributed by atoms with E-state index >= 15 is 0 Å². The van der Waals surface area contributed by atoms with Crippen LogP contribution >= 0.6 is 11.6 Å². The third-order valence-corrected chi connectivity index (χ3v) is 5.53. The van der Waals surface area contributed by atoms with Gasteiger partial charge >= 0.3 is 0 Å². The Hall–Kier alpha value is -3.19. The normalized spacial score (nSPS) is 16.3. The average molecular weight is 441 g/mol. The van der Waals surface area contributed by atoms with Crippen LogP contribution in [0.1, 0.15) is 22.8 Å². The van der Waals surface area contributed by atoms with E-state index in [1.54, 1.807) is 43.3 Å². The number of hydrogen-bond donors (Lipinski definition) is 0. The lowest BCUT2D eigenvalue weighted by Gasteiger charge is -2.40. The molecule has 0 spiro atoms. The highest BCUT2D eigenvalue weighted by Crippen LogP contribution is 2.27. The van der Waals surface area contributed by atoms with Crippen LogP contribution in [0.5, 0.6) is 11.6 Å². The molecular formula is C23H22ClFN4O2. The van der Waals surface area contributed by atoms with E-state index in [0.29, 0.717) is 47.4 Å². The number of nitrogens with zero attached hydrogens (tertiary/aromatic N) is 4. The highest BCUT2D eigenvalue weighted by molar-refractivity contribution is 6.30. The summed E-state index contributed by atoms with van der Waals surface area (Å²) in [7, 11) is 0. The minimum Gasteiger partial charge on any atom is -0.439 e.